The summed E-state index contributed by atoms with van der Waals surface area (Å²) in [6.45, 7) is 0.670. The molecule has 1 aromatic carbocycles. The lowest BCUT2D eigenvalue weighted by molar-refractivity contribution is 0.173. The van der Waals surface area contributed by atoms with Crippen molar-refractivity contribution in [3.63, 3.8) is 0 Å². The molecule has 2 atom stereocenters. The molecule has 0 aliphatic heterocycles. The Labute approximate surface area is 140 Å². The molecule has 1 aromatic heterocycles. The van der Waals surface area contributed by atoms with Gasteiger partial charge in [0.15, 0.2) is 0 Å². The van der Waals surface area contributed by atoms with Crippen LogP contribution in [0.2, 0.25) is 0 Å². The Kier molecular flexibility index (Phi) is 7.06. The smallest absolute Gasteiger partial charge is 0.314 e. The molecule has 2 amide bonds. The van der Waals surface area contributed by atoms with E-state index in [4.69, 9.17) is 0 Å². The van der Waals surface area contributed by atoms with Crippen LogP contribution in [-0.4, -0.2) is 35.9 Å². The Bertz CT molecular complexity index is 575. The summed E-state index contributed by atoms with van der Waals surface area (Å²) < 4.78 is 0. The molecular weight excluding hydrogens is 312 g/mol. The topological polar surface area (TPSA) is 81.6 Å². The lowest BCUT2D eigenvalue weighted by atomic mass is 9.96. The number of nitrogens with one attached hydrogen (secondary N) is 2. The van der Waals surface area contributed by atoms with Gasteiger partial charge in [-0.1, -0.05) is 30.3 Å². The molecule has 4 N–H and O–H groups in total. The Morgan fingerprint density at radius 3 is 2.48 bits per heavy atom. The number of carbonyl (C=O) groups is 1. The summed E-state index contributed by atoms with van der Waals surface area (Å²) in [4.78, 5) is 11.9. The summed E-state index contributed by atoms with van der Waals surface area (Å²) in [7, 11) is 0. The molecule has 2 rings (SSSR count). The first-order valence-corrected chi connectivity index (χ1v) is 8.52. The summed E-state index contributed by atoms with van der Waals surface area (Å²) in [5.74, 6) is 0.0637. The monoisotopic (exact) mass is 334 g/mol. The predicted molar refractivity (Wildman–Crippen MR) is 91.6 cm³/mol. The number of benzene rings is 1. The number of aliphatic hydroxyl groups excluding tert-OH is 2. The van der Waals surface area contributed by atoms with Gasteiger partial charge in [0.2, 0.25) is 0 Å². The molecule has 0 saturated carbocycles. The molecule has 0 saturated heterocycles. The van der Waals surface area contributed by atoms with Crippen molar-refractivity contribution in [2.24, 2.45) is 0 Å². The second-order valence-corrected chi connectivity index (χ2v) is 6.06. The summed E-state index contributed by atoms with van der Waals surface area (Å²) in [5, 5.41) is 28.3. The van der Waals surface area contributed by atoms with Crippen LogP contribution in [0.1, 0.15) is 29.6 Å². The van der Waals surface area contributed by atoms with Gasteiger partial charge in [0.1, 0.15) is 0 Å². The van der Waals surface area contributed by atoms with Crippen molar-refractivity contribution in [1.82, 2.24) is 10.6 Å². The summed E-state index contributed by atoms with van der Waals surface area (Å²) in [5.41, 5.74) is 1.89. The maximum absolute atomic E-state index is 11.9. The second kappa shape index (κ2) is 9.29. The van der Waals surface area contributed by atoms with Crippen molar-refractivity contribution in [3.05, 3.63) is 58.3 Å². The molecule has 2 aromatic rings. The number of hydrogen-bond donors (Lipinski definition) is 4. The zero-order chi connectivity index (χ0) is 16.5. The van der Waals surface area contributed by atoms with Crippen molar-refractivity contribution >= 4 is 17.4 Å². The summed E-state index contributed by atoms with van der Waals surface area (Å²) in [6.07, 6.45) is -0.115. The molecule has 1 heterocycles. The van der Waals surface area contributed by atoms with E-state index in [9.17, 15) is 15.0 Å². The van der Waals surface area contributed by atoms with Crippen LogP contribution in [0.3, 0.4) is 0 Å². The average Bonchev–Trinajstić information content (AvgIpc) is 3.12. The van der Waals surface area contributed by atoms with Gasteiger partial charge in [0.25, 0.3) is 0 Å². The van der Waals surface area contributed by atoms with E-state index >= 15 is 0 Å². The van der Waals surface area contributed by atoms with E-state index in [-0.39, 0.29) is 25.1 Å². The number of thiophene rings is 1. The molecule has 23 heavy (non-hydrogen) atoms. The van der Waals surface area contributed by atoms with Gasteiger partial charge in [-0.2, -0.15) is 11.3 Å². The fourth-order valence-electron chi connectivity index (χ4n) is 2.32. The van der Waals surface area contributed by atoms with Gasteiger partial charge in [-0.05, 0) is 34.4 Å². The van der Waals surface area contributed by atoms with Crippen molar-refractivity contribution in [2.75, 3.05) is 19.7 Å². The number of amides is 2. The summed E-state index contributed by atoms with van der Waals surface area (Å²) in [6, 6.07) is 11.3. The van der Waals surface area contributed by atoms with E-state index in [0.29, 0.717) is 13.0 Å². The molecule has 6 heteroatoms. The normalized spacial score (nSPS) is 13.3. The molecule has 5 nitrogen and oxygen atoms in total. The molecule has 0 bridgehead atoms. The first-order valence-electron chi connectivity index (χ1n) is 7.58. The molecule has 0 fully saturated rings. The highest BCUT2D eigenvalue weighted by molar-refractivity contribution is 7.07. The second-order valence-electron chi connectivity index (χ2n) is 5.28. The van der Waals surface area contributed by atoms with Crippen LogP contribution in [0.25, 0.3) is 0 Å². The third-order valence-electron chi connectivity index (χ3n) is 3.64. The molecule has 0 radical (unpaired) electrons. The summed E-state index contributed by atoms with van der Waals surface area (Å²) >= 11 is 1.51. The van der Waals surface area contributed by atoms with E-state index in [1.807, 2.05) is 47.2 Å². The van der Waals surface area contributed by atoms with Crippen LogP contribution >= 0.6 is 11.3 Å². The fraction of sp³-hybridized carbons (Fsp3) is 0.353. The lowest BCUT2D eigenvalue weighted by Gasteiger charge is -2.18. The number of carbonyl (C=O) groups excluding carboxylic acids is 1. The maximum Gasteiger partial charge on any atom is 0.314 e. The largest absolute Gasteiger partial charge is 0.396 e. The standard InChI is InChI=1S/C17H22N2O3S/c20-8-6-14(13-4-2-1-3-5-13)10-18-17(22)19-11-16(21)15-7-9-23-12-15/h1-5,7,9,12,14,16,20-21H,6,8,10-11H2,(H2,18,19,22). The quantitative estimate of drug-likeness (QED) is 0.598. The minimum atomic E-state index is -0.700. The third kappa shape index (κ3) is 5.67. The van der Waals surface area contributed by atoms with Crippen molar-refractivity contribution in [1.29, 1.82) is 0 Å². The minimum absolute atomic E-state index is 0.0637. The van der Waals surface area contributed by atoms with Gasteiger partial charge in [-0.3, -0.25) is 0 Å². The fourth-order valence-corrected chi connectivity index (χ4v) is 3.02. The van der Waals surface area contributed by atoms with Crippen molar-refractivity contribution < 1.29 is 15.0 Å². The minimum Gasteiger partial charge on any atom is -0.396 e. The van der Waals surface area contributed by atoms with Crippen LogP contribution in [0, 0.1) is 0 Å². The Morgan fingerprint density at radius 1 is 1.09 bits per heavy atom. The van der Waals surface area contributed by atoms with Gasteiger partial charge in [0.05, 0.1) is 6.10 Å². The van der Waals surface area contributed by atoms with Gasteiger partial charge in [-0.25, -0.2) is 4.79 Å². The highest BCUT2D eigenvalue weighted by atomic mass is 32.1. The van der Waals surface area contributed by atoms with E-state index in [1.165, 1.54) is 11.3 Å². The van der Waals surface area contributed by atoms with Crippen molar-refractivity contribution in [2.45, 2.75) is 18.4 Å². The van der Waals surface area contributed by atoms with E-state index in [0.717, 1.165) is 11.1 Å². The maximum atomic E-state index is 11.9. The first-order chi connectivity index (χ1) is 11.2. The molecule has 124 valence electrons. The van der Waals surface area contributed by atoms with Crippen LogP contribution in [0.5, 0.6) is 0 Å². The van der Waals surface area contributed by atoms with Crippen LogP contribution in [0.4, 0.5) is 4.79 Å². The zero-order valence-electron chi connectivity index (χ0n) is 12.8. The highest BCUT2D eigenvalue weighted by Gasteiger charge is 2.13. The third-order valence-corrected chi connectivity index (χ3v) is 4.34. The molecule has 0 aliphatic carbocycles. The van der Waals surface area contributed by atoms with Crippen molar-refractivity contribution in [3.8, 4) is 0 Å². The lowest BCUT2D eigenvalue weighted by Crippen LogP contribution is -2.39. The Hall–Kier alpha value is -1.89. The number of hydrogen-bond acceptors (Lipinski definition) is 4. The average molecular weight is 334 g/mol. The first kappa shape index (κ1) is 17.5. The zero-order valence-corrected chi connectivity index (χ0v) is 13.6. The molecule has 0 spiro atoms. The number of rotatable bonds is 8. The Balaban J connectivity index is 1.77. The number of aliphatic hydroxyl groups is 2. The van der Waals surface area contributed by atoms with Gasteiger partial charge < -0.3 is 20.8 Å². The SMILES string of the molecule is O=C(NCC(O)c1ccsc1)NCC(CCO)c1ccccc1. The van der Waals surface area contributed by atoms with Crippen LogP contribution in [0.15, 0.2) is 47.2 Å². The van der Waals surface area contributed by atoms with Gasteiger partial charge >= 0.3 is 6.03 Å². The van der Waals surface area contributed by atoms with Crippen LogP contribution < -0.4 is 10.6 Å². The van der Waals surface area contributed by atoms with Crippen LogP contribution in [-0.2, 0) is 0 Å². The molecule has 0 aliphatic rings. The number of urea groups is 1. The predicted octanol–water partition coefficient (Wildman–Crippen LogP) is 2.25. The van der Waals surface area contributed by atoms with E-state index < -0.39 is 6.10 Å². The Morgan fingerprint density at radius 2 is 1.83 bits per heavy atom. The molecular formula is C17H22N2O3S. The van der Waals surface area contributed by atoms with Gasteiger partial charge in [0, 0.05) is 25.6 Å². The van der Waals surface area contributed by atoms with E-state index in [1.54, 1.807) is 0 Å². The van der Waals surface area contributed by atoms with Gasteiger partial charge in [-0.15, -0.1) is 0 Å². The highest BCUT2D eigenvalue weighted by Crippen LogP contribution is 2.18. The molecule has 2 unspecified atom stereocenters. The van der Waals surface area contributed by atoms with E-state index in [2.05, 4.69) is 10.6 Å².